The van der Waals surface area contributed by atoms with Gasteiger partial charge in [0.25, 0.3) is 0 Å². The van der Waals surface area contributed by atoms with E-state index in [2.05, 4.69) is 34.1 Å². The number of carbonyl (C=O) groups excluding carboxylic acids is 2. The fourth-order valence-electron chi connectivity index (χ4n) is 2.30. The fourth-order valence-corrected chi connectivity index (χ4v) is 2.82. The maximum Gasteiger partial charge on any atom is 0.245 e. The predicted molar refractivity (Wildman–Crippen MR) is 116 cm³/mol. The van der Waals surface area contributed by atoms with Gasteiger partial charge in [-0.15, -0.1) is 0 Å². The molecule has 1 atom stereocenters. The smallest absolute Gasteiger partial charge is 0.245 e. The largest absolute Gasteiger partial charge is 0.373 e. The molecule has 27 heavy (non-hydrogen) atoms. The molecule has 0 radical (unpaired) electrons. The molecule has 1 amide bonds. The van der Waals surface area contributed by atoms with E-state index >= 15 is 0 Å². The summed E-state index contributed by atoms with van der Waals surface area (Å²) in [6.07, 6.45) is -0.134. The molecule has 4 N–H and O–H groups in total. The van der Waals surface area contributed by atoms with Crippen molar-refractivity contribution >= 4 is 53.0 Å². The SMILES string of the molecule is Cc1cccc(NC(=S)NNC(=O)CC(=O)CC(S)Nc2ccccc2)c1. The second-order valence-corrected chi connectivity index (χ2v) is 6.97. The molecule has 8 heteroatoms. The number of Topliss-reactive ketones (excluding diaryl/α,β-unsaturated/α-hetero) is 1. The van der Waals surface area contributed by atoms with E-state index in [0.717, 1.165) is 16.9 Å². The lowest BCUT2D eigenvalue weighted by Gasteiger charge is -2.14. The average Bonchev–Trinajstić information content (AvgIpc) is 2.60. The second-order valence-electron chi connectivity index (χ2n) is 5.94. The quantitative estimate of drug-likeness (QED) is 0.161. The number of hydrogen-bond acceptors (Lipinski definition) is 5. The van der Waals surface area contributed by atoms with Crippen LogP contribution in [0.1, 0.15) is 18.4 Å². The number of benzene rings is 2. The summed E-state index contributed by atoms with van der Waals surface area (Å²) in [4.78, 5) is 23.9. The molecule has 0 fully saturated rings. The maximum atomic E-state index is 12.0. The van der Waals surface area contributed by atoms with Crippen LogP contribution in [0.4, 0.5) is 11.4 Å². The van der Waals surface area contributed by atoms with E-state index in [1.165, 1.54) is 0 Å². The molecule has 2 rings (SSSR count). The van der Waals surface area contributed by atoms with Gasteiger partial charge < -0.3 is 10.6 Å². The van der Waals surface area contributed by atoms with E-state index in [9.17, 15) is 9.59 Å². The number of rotatable bonds is 7. The molecule has 0 bridgehead atoms. The second kappa shape index (κ2) is 10.5. The van der Waals surface area contributed by atoms with E-state index in [1.54, 1.807) is 0 Å². The lowest BCUT2D eigenvalue weighted by molar-refractivity contribution is -0.128. The highest BCUT2D eigenvalue weighted by Crippen LogP contribution is 2.12. The number of anilines is 2. The van der Waals surface area contributed by atoms with Gasteiger partial charge in [-0.1, -0.05) is 30.3 Å². The molecular formula is C19H22N4O2S2. The summed E-state index contributed by atoms with van der Waals surface area (Å²) < 4.78 is 0. The normalized spacial score (nSPS) is 11.2. The molecule has 0 aliphatic heterocycles. The Morgan fingerprint density at radius 1 is 1.04 bits per heavy atom. The number of thiocarbonyl (C=S) groups is 1. The van der Waals surface area contributed by atoms with Crippen LogP contribution in [0.25, 0.3) is 0 Å². The molecule has 0 aromatic heterocycles. The molecule has 142 valence electrons. The van der Waals surface area contributed by atoms with Crippen LogP contribution in [-0.2, 0) is 9.59 Å². The van der Waals surface area contributed by atoms with Crippen LogP contribution in [0.5, 0.6) is 0 Å². The summed E-state index contributed by atoms with van der Waals surface area (Å²) in [5, 5.41) is 5.91. The number of hydrazine groups is 1. The summed E-state index contributed by atoms with van der Waals surface area (Å²) >= 11 is 9.45. The van der Waals surface area contributed by atoms with Crippen LogP contribution in [-0.4, -0.2) is 22.2 Å². The third-order valence-electron chi connectivity index (χ3n) is 3.48. The van der Waals surface area contributed by atoms with Gasteiger partial charge in [0.15, 0.2) is 5.11 Å². The number of para-hydroxylation sites is 1. The van der Waals surface area contributed by atoms with Crippen molar-refractivity contribution in [3.05, 3.63) is 60.2 Å². The van der Waals surface area contributed by atoms with Gasteiger partial charge in [-0.2, -0.15) is 12.6 Å². The van der Waals surface area contributed by atoms with Gasteiger partial charge in [-0.25, -0.2) is 0 Å². The molecule has 0 heterocycles. The van der Waals surface area contributed by atoms with E-state index in [-0.39, 0.29) is 29.1 Å². The van der Waals surface area contributed by atoms with Crippen LogP contribution in [0.15, 0.2) is 54.6 Å². The Balaban J connectivity index is 1.68. The number of hydrogen-bond donors (Lipinski definition) is 5. The minimum absolute atomic E-state index is 0.122. The zero-order chi connectivity index (χ0) is 19.6. The van der Waals surface area contributed by atoms with Gasteiger partial charge in [-0.05, 0) is 49.0 Å². The van der Waals surface area contributed by atoms with E-state index in [0.29, 0.717) is 0 Å². The first-order valence-corrected chi connectivity index (χ1v) is 9.28. The zero-order valence-electron chi connectivity index (χ0n) is 14.9. The van der Waals surface area contributed by atoms with E-state index in [4.69, 9.17) is 12.2 Å². The Morgan fingerprint density at radius 3 is 2.44 bits per heavy atom. The van der Waals surface area contributed by atoms with Crippen molar-refractivity contribution < 1.29 is 9.59 Å². The van der Waals surface area contributed by atoms with Crippen molar-refractivity contribution in [3.63, 3.8) is 0 Å². The zero-order valence-corrected chi connectivity index (χ0v) is 16.6. The van der Waals surface area contributed by atoms with Gasteiger partial charge >= 0.3 is 0 Å². The first-order chi connectivity index (χ1) is 12.9. The minimum Gasteiger partial charge on any atom is -0.373 e. The topological polar surface area (TPSA) is 82.3 Å². The molecule has 2 aromatic rings. The van der Waals surface area contributed by atoms with E-state index in [1.807, 2.05) is 61.5 Å². The van der Waals surface area contributed by atoms with Gasteiger partial charge in [0, 0.05) is 17.8 Å². The van der Waals surface area contributed by atoms with Crippen molar-refractivity contribution in [3.8, 4) is 0 Å². The molecular weight excluding hydrogens is 380 g/mol. The highest BCUT2D eigenvalue weighted by Gasteiger charge is 2.14. The van der Waals surface area contributed by atoms with Crippen molar-refractivity contribution in [1.82, 2.24) is 10.9 Å². The Bertz CT molecular complexity index is 799. The van der Waals surface area contributed by atoms with Crippen molar-refractivity contribution in [2.24, 2.45) is 0 Å². The summed E-state index contributed by atoms with van der Waals surface area (Å²) in [5.74, 6) is -0.691. The Morgan fingerprint density at radius 2 is 1.74 bits per heavy atom. The standard InChI is InChI=1S/C19H22N4O2S2/c1-13-6-5-9-15(10-13)21-19(27)23-22-17(25)11-16(24)12-18(26)20-14-7-3-2-4-8-14/h2-10,18,20,26H,11-12H2,1H3,(H,22,25)(H2,21,23,27). The third kappa shape index (κ3) is 8.10. The Hall–Kier alpha value is -2.58. The number of nitrogens with one attached hydrogen (secondary N) is 4. The Kier molecular flexibility index (Phi) is 8.09. The van der Waals surface area contributed by atoms with Crippen LogP contribution in [0, 0.1) is 6.92 Å². The van der Waals surface area contributed by atoms with Gasteiger partial charge in [0.1, 0.15) is 5.78 Å². The first-order valence-electron chi connectivity index (χ1n) is 8.36. The lowest BCUT2D eigenvalue weighted by atomic mass is 10.2. The summed E-state index contributed by atoms with van der Waals surface area (Å²) in [6, 6.07) is 17.1. The number of amides is 1. The van der Waals surface area contributed by atoms with Gasteiger partial charge in [0.2, 0.25) is 5.91 Å². The molecule has 0 saturated heterocycles. The van der Waals surface area contributed by atoms with Crippen LogP contribution >= 0.6 is 24.8 Å². The number of thiol groups is 1. The fraction of sp³-hybridized carbons (Fsp3) is 0.211. The lowest BCUT2D eigenvalue weighted by Crippen LogP contribution is -2.44. The predicted octanol–water partition coefficient (Wildman–Crippen LogP) is 3.03. The molecule has 0 aliphatic carbocycles. The highest BCUT2D eigenvalue weighted by atomic mass is 32.1. The molecule has 2 aromatic carbocycles. The molecule has 0 spiro atoms. The maximum absolute atomic E-state index is 12.0. The number of ketones is 1. The van der Waals surface area contributed by atoms with Crippen LogP contribution in [0.3, 0.4) is 0 Å². The first kappa shape index (κ1) is 20.7. The molecule has 0 aliphatic rings. The Labute approximate surface area is 169 Å². The van der Waals surface area contributed by atoms with Crippen molar-refractivity contribution in [1.29, 1.82) is 0 Å². The summed E-state index contributed by atoms with van der Waals surface area (Å²) in [6.45, 7) is 1.97. The van der Waals surface area contributed by atoms with Crippen LogP contribution in [0.2, 0.25) is 0 Å². The summed E-state index contributed by atoms with van der Waals surface area (Å²) in [5.41, 5.74) is 7.75. The van der Waals surface area contributed by atoms with Crippen molar-refractivity contribution in [2.45, 2.75) is 25.1 Å². The van der Waals surface area contributed by atoms with E-state index < -0.39 is 5.91 Å². The average molecular weight is 403 g/mol. The number of carbonyl (C=O) groups is 2. The highest BCUT2D eigenvalue weighted by molar-refractivity contribution is 7.81. The molecule has 1 unspecified atom stereocenters. The van der Waals surface area contributed by atoms with Gasteiger partial charge in [0.05, 0.1) is 11.8 Å². The monoisotopic (exact) mass is 402 g/mol. The van der Waals surface area contributed by atoms with Crippen LogP contribution < -0.4 is 21.5 Å². The van der Waals surface area contributed by atoms with Gasteiger partial charge in [-0.3, -0.25) is 20.4 Å². The van der Waals surface area contributed by atoms with Crippen molar-refractivity contribution in [2.75, 3.05) is 10.6 Å². The summed E-state index contributed by atoms with van der Waals surface area (Å²) in [7, 11) is 0. The molecule has 6 nitrogen and oxygen atoms in total. The molecule has 0 saturated carbocycles. The minimum atomic E-state index is -0.464. The number of aryl methyl sites for hydroxylation is 1. The third-order valence-corrected chi connectivity index (χ3v) is 3.99.